The van der Waals surface area contributed by atoms with Gasteiger partial charge in [-0.3, -0.25) is 9.35 Å². The van der Waals surface area contributed by atoms with Crippen LogP contribution in [0, 0.1) is 0 Å². The molecule has 0 heterocycles. The summed E-state index contributed by atoms with van der Waals surface area (Å²) >= 11 is 1.66. The third-order valence-electron chi connectivity index (χ3n) is 1.35. The lowest BCUT2D eigenvalue weighted by Crippen LogP contribution is -2.14. The average molecular weight is 240 g/mol. The fourth-order valence-electron chi connectivity index (χ4n) is 0.724. The molecule has 0 aliphatic rings. The molecule has 14 heavy (non-hydrogen) atoms. The van der Waals surface area contributed by atoms with Crippen LogP contribution >= 0.6 is 11.8 Å². The van der Waals surface area contributed by atoms with Gasteiger partial charge in [-0.15, -0.1) is 0 Å². The summed E-state index contributed by atoms with van der Waals surface area (Å²) in [5.74, 6) is 0.713. The number of thioether (sulfide) groups is 1. The van der Waals surface area contributed by atoms with Crippen LogP contribution in [0.2, 0.25) is 0 Å². The summed E-state index contributed by atoms with van der Waals surface area (Å²) in [4.78, 5) is 10.7. The number of carbonyl (C=O) groups is 1. The van der Waals surface area contributed by atoms with Crippen LogP contribution in [0.25, 0.3) is 0 Å². The normalized spacial score (nSPS) is 12.9. The molecule has 0 saturated heterocycles. The van der Waals surface area contributed by atoms with E-state index < -0.39 is 15.2 Å². The van der Waals surface area contributed by atoms with Crippen molar-refractivity contribution >= 4 is 27.0 Å². The maximum absolute atomic E-state index is 10.7. The van der Waals surface area contributed by atoms with Gasteiger partial charge in [0.1, 0.15) is 0 Å². The van der Waals surface area contributed by atoms with Gasteiger partial charge in [-0.2, -0.15) is 20.2 Å². The maximum Gasteiger partial charge on any atom is 0.328 e. The van der Waals surface area contributed by atoms with Crippen molar-refractivity contribution in [3.05, 3.63) is 0 Å². The van der Waals surface area contributed by atoms with Crippen LogP contribution < -0.4 is 0 Å². The molecular weight excluding hydrogens is 224 g/mol. The number of hydrogen-bond donors (Lipinski definition) is 1. The predicted molar refractivity (Wildman–Crippen MR) is 58.0 cm³/mol. The van der Waals surface area contributed by atoms with Crippen molar-refractivity contribution in [1.82, 2.24) is 0 Å². The van der Waals surface area contributed by atoms with Crippen LogP contribution in [0.1, 0.15) is 33.6 Å². The second-order valence-corrected chi connectivity index (χ2v) is 7.24. The van der Waals surface area contributed by atoms with Crippen molar-refractivity contribution in [2.45, 2.75) is 38.4 Å². The van der Waals surface area contributed by atoms with Gasteiger partial charge in [0, 0.05) is 11.2 Å². The highest BCUT2D eigenvalue weighted by Crippen LogP contribution is 2.24. The van der Waals surface area contributed by atoms with Gasteiger partial charge in [-0.1, -0.05) is 20.8 Å². The summed E-state index contributed by atoms with van der Waals surface area (Å²) in [5, 5.41) is -1.09. The highest BCUT2D eigenvalue weighted by atomic mass is 32.2. The van der Waals surface area contributed by atoms with Gasteiger partial charge >= 0.3 is 10.1 Å². The summed E-state index contributed by atoms with van der Waals surface area (Å²) < 4.78 is 29.1. The Morgan fingerprint density at radius 3 is 2.21 bits per heavy atom. The van der Waals surface area contributed by atoms with E-state index in [0.717, 1.165) is 0 Å². The first-order chi connectivity index (χ1) is 6.13. The molecule has 0 fully saturated rings. The minimum absolute atomic E-state index is 0.109. The lowest BCUT2D eigenvalue weighted by atomic mass is 10.3. The summed E-state index contributed by atoms with van der Waals surface area (Å²) in [5.41, 5.74) is 0. The molecule has 0 saturated carbocycles. The van der Waals surface area contributed by atoms with Crippen molar-refractivity contribution in [2.75, 3.05) is 5.75 Å². The van der Waals surface area contributed by atoms with E-state index >= 15 is 0 Å². The third kappa shape index (κ3) is 7.34. The molecule has 0 rings (SSSR count). The van der Waals surface area contributed by atoms with Crippen LogP contribution in [-0.2, 0) is 14.9 Å². The number of rotatable bonds is 4. The third-order valence-corrected chi connectivity index (χ3v) is 3.49. The van der Waals surface area contributed by atoms with E-state index in [0.29, 0.717) is 12.2 Å². The second-order valence-electron chi connectivity index (χ2n) is 3.91. The van der Waals surface area contributed by atoms with Crippen LogP contribution in [0.15, 0.2) is 0 Å². The lowest BCUT2D eigenvalue weighted by molar-refractivity contribution is -0.112. The molecule has 0 aliphatic carbocycles. The zero-order valence-corrected chi connectivity index (χ0v) is 10.2. The molecular formula is C8H16O4S2. The van der Waals surface area contributed by atoms with Crippen molar-refractivity contribution < 1.29 is 17.8 Å². The molecule has 0 spiro atoms. The minimum atomic E-state index is -4.47. The lowest BCUT2D eigenvalue weighted by Gasteiger charge is -2.16. The molecule has 0 atom stereocenters. The SMILES string of the molecule is CC(C)(C)SCCCC(=O)S(=O)(=O)O. The van der Waals surface area contributed by atoms with Crippen LogP contribution in [0.4, 0.5) is 0 Å². The highest BCUT2D eigenvalue weighted by molar-refractivity contribution is 8.01. The Labute approximate surface area is 89.2 Å². The van der Waals surface area contributed by atoms with Crippen LogP contribution in [0.5, 0.6) is 0 Å². The fraction of sp³-hybridized carbons (Fsp3) is 0.875. The first kappa shape index (κ1) is 13.9. The highest BCUT2D eigenvalue weighted by Gasteiger charge is 2.18. The molecule has 0 amide bonds. The Hall–Kier alpha value is -0.0700. The molecule has 4 nitrogen and oxygen atoms in total. The molecule has 0 radical (unpaired) electrons. The molecule has 84 valence electrons. The second kappa shape index (κ2) is 5.14. The van der Waals surface area contributed by atoms with Gasteiger partial charge in [0.15, 0.2) is 0 Å². The Kier molecular flexibility index (Phi) is 5.11. The van der Waals surface area contributed by atoms with Crippen molar-refractivity contribution in [3.63, 3.8) is 0 Å². The number of hydrogen-bond acceptors (Lipinski definition) is 4. The van der Waals surface area contributed by atoms with Gasteiger partial charge < -0.3 is 0 Å². The standard InChI is InChI=1S/C8H16O4S2/c1-8(2,3)13-6-4-5-7(9)14(10,11)12/h4-6H2,1-3H3,(H,10,11,12). The van der Waals surface area contributed by atoms with Crippen molar-refractivity contribution in [3.8, 4) is 0 Å². The molecule has 0 aliphatic heterocycles. The first-order valence-corrected chi connectivity index (χ1v) is 6.70. The molecule has 0 unspecified atom stereocenters. The van der Waals surface area contributed by atoms with E-state index in [-0.39, 0.29) is 11.2 Å². The zero-order valence-electron chi connectivity index (χ0n) is 8.61. The van der Waals surface area contributed by atoms with Gasteiger partial charge in [0.25, 0.3) is 5.12 Å². The summed E-state index contributed by atoms with van der Waals surface area (Å²) in [6, 6.07) is 0. The van der Waals surface area contributed by atoms with E-state index in [1.807, 2.05) is 20.8 Å². The fourth-order valence-corrected chi connectivity index (χ4v) is 2.03. The smallest absolute Gasteiger partial charge is 0.280 e. The Balaban J connectivity index is 3.73. The quantitative estimate of drug-likeness (QED) is 0.598. The van der Waals surface area contributed by atoms with Crippen LogP contribution in [0.3, 0.4) is 0 Å². The Morgan fingerprint density at radius 2 is 1.86 bits per heavy atom. The molecule has 0 bridgehead atoms. The van der Waals surface area contributed by atoms with E-state index in [4.69, 9.17) is 4.55 Å². The zero-order chi connectivity index (χ0) is 11.4. The largest absolute Gasteiger partial charge is 0.328 e. The summed E-state index contributed by atoms with van der Waals surface area (Å²) in [7, 11) is -4.47. The Morgan fingerprint density at radius 1 is 1.36 bits per heavy atom. The first-order valence-electron chi connectivity index (χ1n) is 4.27. The monoisotopic (exact) mass is 240 g/mol. The van der Waals surface area contributed by atoms with Gasteiger partial charge in [0.05, 0.1) is 0 Å². The molecule has 1 N–H and O–H groups in total. The maximum atomic E-state index is 10.7. The average Bonchev–Trinajstić information content (AvgIpc) is 1.93. The van der Waals surface area contributed by atoms with Gasteiger partial charge in [0.2, 0.25) is 0 Å². The van der Waals surface area contributed by atoms with Gasteiger partial charge in [-0.05, 0) is 12.2 Å². The van der Waals surface area contributed by atoms with Crippen molar-refractivity contribution in [2.24, 2.45) is 0 Å². The van der Waals surface area contributed by atoms with Crippen molar-refractivity contribution in [1.29, 1.82) is 0 Å². The van der Waals surface area contributed by atoms with E-state index in [1.54, 1.807) is 11.8 Å². The van der Waals surface area contributed by atoms with E-state index in [1.165, 1.54) is 0 Å². The summed E-state index contributed by atoms with van der Waals surface area (Å²) in [6.07, 6.45) is 0.364. The topological polar surface area (TPSA) is 71.4 Å². The van der Waals surface area contributed by atoms with Gasteiger partial charge in [-0.25, -0.2) is 0 Å². The summed E-state index contributed by atoms with van der Waals surface area (Å²) in [6.45, 7) is 6.13. The van der Waals surface area contributed by atoms with Crippen LogP contribution in [-0.4, -0.2) is 28.6 Å². The molecule has 0 aromatic carbocycles. The molecule has 6 heteroatoms. The van der Waals surface area contributed by atoms with E-state index in [9.17, 15) is 13.2 Å². The molecule has 0 aromatic rings. The molecule has 0 aromatic heterocycles. The minimum Gasteiger partial charge on any atom is -0.280 e. The Bertz CT molecular complexity index is 287. The van der Waals surface area contributed by atoms with E-state index in [2.05, 4.69) is 0 Å². The predicted octanol–water partition coefficient (Wildman–Crippen LogP) is 1.71. The number of carbonyl (C=O) groups excluding carboxylic acids is 1.